The Bertz CT molecular complexity index is 2380. The van der Waals surface area contributed by atoms with Crippen molar-refractivity contribution in [2.75, 3.05) is 59.8 Å². The Morgan fingerprint density at radius 3 is 1.97 bits per heavy atom. The van der Waals surface area contributed by atoms with Crippen LogP contribution in [0.25, 0.3) is 0 Å². The van der Waals surface area contributed by atoms with Crippen molar-refractivity contribution < 1.29 is 14.3 Å². The van der Waals surface area contributed by atoms with Crippen molar-refractivity contribution in [1.82, 2.24) is 24.9 Å². The van der Waals surface area contributed by atoms with Crippen molar-refractivity contribution in [3.8, 4) is 0 Å². The van der Waals surface area contributed by atoms with E-state index in [2.05, 4.69) is 163 Å². The Balaban J connectivity index is 0.000000219. The van der Waals surface area contributed by atoms with Crippen LogP contribution in [0.1, 0.15) is 79.4 Å². The standard InChI is InChI=1S/C14H19BrN2O2.C9H10BrIN2.C9H11BrN2.C5H4ClIN2.C5H5ClN2.C4H8O/c1-13(2,3)19-12(18)17-8-14(4,5)9-7-16-11(15)6-10(9)17;1-6(2)4-12-8-3-9(10)13-5-7(8)11;1-9(2)5-12-7-3-8(10)11-4-6(7)9;6-5-1-4(8)3(7)2-9-5;6-5-3-4(7)1-2-8-5;1-2-4-5-3-1/h6-7H,8H2,1-5H3;3,5H,1,4H2,2H3,(H,12,13);3-4,12H,5H2,1-2H3;1-2H,(H2,8,9);1-3H,(H2,7,8);1-4H2. The Morgan fingerprint density at radius 2 is 1.44 bits per heavy atom. The fourth-order valence-electron chi connectivity index (χ4n) is 5.89. The van der Waals surface area contributed by atoms with E-state index >= 15 is 0 Å². The summed E-state index contributed by atoms with van der Waals surface area (Å²) in [5.74, 6) is 0. The summed E-state index contributed by atoms with van der Waals surface area (Å²) >= 11 is 25.3. The van der Waals surface area contributed by atoms with Gasteiger partial charge in [0.25, 0.3) is 0 Å². The van der Waals surface area contributed by atoms with Crippen molar-refractivity contribution in [3.05, 3.63) is 122 Å². The predicted octanol–water partition coefficient (Wildman–Crippen LogP) is 13.9. The number of ether oxygens (including phenoxy) is 2. The third-order valence-corrected chi connectivity index (χ3v) is 12.7. The highest BCUT2D eigenvalue weighted by molar-refractivity contribution is 14.1. The topological polar surface area (TPSA) is 179 Å². The third-order valence-electron chi connectivity index (χ3n) is 9.19. The molecule has 5 aromatic rings. The van der Waals surface area contributed by atoms with E-state index in [1.165, 1.54) is 24.1 Å². The first-order valence-corrected chi connectivity index (χ1v) is 25.8. The normalized spacial score (nSPS) is 14.5. The molecule has 0 aromatic carbocycles. The van der Waals surface area contributed by atoms with Crippen LogP contribution in [-0.2, 0) is 20.3 Å². The summed E-state index contributed by atoms with van der Waals surface area (Å²) in [6.45, 7) is 24.5. The third kappa shape index (κ3) is 20.2. The first-order valence-electron chi connectivity index (χ1n) is 20.5. The maximum absolute atomic E-state index is 12.3. The summed E-state index contributed by atoms with van der Waals surface area (Å²) in [5, 5.41) is 7.51. The Labute approximate surface area is 451 Å². The molecule has 3 aliphatic heterocycles. The van der Waals surface area contributed by atoms with Gasteiger partial charge in [-0.1, -0.05) is 63.0 Å². The molecule has 8 rings (SSSR count). The van der Waals surface area contributed by atoms with Crippen LogP contribution in [0.3, 0.4) is 0 Å². The molecule has 0 bridgehead atoms. The number of pyridine rings is 5. The number of carbonyl (C=O) groups excluding carboxylic acids is 1. The lowest BCUT2D eigenvalue weighted by molar-refractivity contribution is 0.0579. The molecule has 358 valence electrons. The fourth-order valence-corrected chi connectivity index (χ4v) is 8.00. The largest absolute Gasteiger partial charge is 0.443 e. The lowest BCUT2D eigenvalue weighted by Crippen LogP contribution is -2.38. The highest BCUT2D eigenvalue weighted by atomic mass is 127. The van der Waals surface area contributed by atoms with Crippen molar-refractivity contribution in [2.45, 2.75) is 84.7 Å². The molecule has 20 heteroatoms. The predicted molar refractivity (Wildman–Crippen MR) is 300 cm³/mol. The second-order valence-corrected chi connectivity index (χ2v) is 22.9. The zero-order valence-corrected chi connectivity index (χ0v) is 48.8. The number of fused-ring (bicyclic) bond motifs is 2. The molecule has 13 nitrogen and oxygen atoms in total. The summed E-state index contributed by atoms with van der Waals surface area (Å²) in [6.07, 6.45) is 11.0. The molecule has 1 amide bonds. The number of hydrogen-bond donors (Lipinski definition) is 4. The van der Waals surface area contributed by atoms with E-state index in [-0.39, 0.29) is 16.9 Å². The molecular formula is C46H57Br3Cl2I2N10O3. The first-order chi connectivity index (χ1) is 30.8. The molecule has 3 aliphatic rings. The van der Waals surface area contributed by atoms with Crippen molar-refractivity contribution in [1.29, 1.82) is 0 Å². The number of nitrogens with zero attached hydrogens (tertiary/aromatic N) is 6. The van der Waals surface area contributed by atoms with Crippen molar-refractivity contribution in [3.63, 3.8) is 0 Å². The van der Waals surface area contributed by atoms with Crippen LogP contribution < -0.4 is 27.0 Å². The number of anilines is 5. The fraction of sp³-hybridized carbons (Fsp3) is 0.391. The van der Waals surface area contributed by atoms with Gasteiger partial charge in [-0.2, -0.15) is 0 Å². The van der Waals surface area contributed by atoms with Crippen molar-refractivity contribution >= 4 is 151 Å². The molecule has 0 spiro atoms. The van der Waals surface area contributed by atoms with Gasteiger partial charge in [-0.25, -0.2) is 29.7 Å². The van der Waals surface area contributed by atoms with E-state index in [0.29, 0.717) is 28.2 Å². The zero-order valence-electron chi connectivity index (χ0n) is 38.2. The van der Waals surface area contributed by atoms with Gasteiger partial charge in [0.1, 0.15) is 29.7 Å². The lowest BCUT2D eigenvalue weighted by atomic mass is 9.88. The molecule has 0 radical (unpaired) electrons. The Hall–Kier alpha value is -2.60. The number of rotatable bonds is 3. The summed E-state index contributed by atoms with van der Waals surface area (Å²) in [4.78, 5) is 34.1. The monoisotopic (exact) mass is 1360 g/mol. The van der Waals surface area contributed by atoms with Gasteiger partial charge < -0.3 is 31.6 Å². The van der Waals surface area contributed by atoms with Gasteiger partial charge in [-0.3, -0.25) is 4.90 Å². The Morgan fingerprint density at radius 1 is 0.864 bits per heavy atom. The van der Waals surface area contributed by atoms with Crippen LogP contribution in [0.15, 0.2) is 93.3 Å². The van der Waals surface area contributed by atoms with Gasteiger partial charge in [0, 0.05) is 103 Å². The maximum Gasteiger partial charge on any atom is 0.414 e. The Kier molecular flexibility index (Phi) is 23.6. The lowest BCUT2D eigenvalue weighted by Gasteiger charge is -2.25. The highest BCUT2D eigenvalue weighted by Gasteiger charge is 2.40. The van der Waals surface area contributed by atoms with E-state index in [1.54, 1.807) is 35.5 Å². The number of halogens is 7. The molecule has 1 fully saturated rings. The maximum atomic E-state index is 12.3. The summed E-state index contributed by atoms with van der Waals surface area (Å²) in [7, 11) is 0. The summed E-state index contributed by atoms with van der Waals surface area (Å²) in [5.41, 5.74) is 18.4. The molecule has 0 unspecified atom stereocenters. The number of nitrogens with one attached hydrogen (secondary N) is 2. The molecule has 1 saturated heterocycles. The van der Waals surface area contributed by atoms with Crippen LogP contribution in [0.5, 0.6) is 0 Å². The summed E-state index contributed by atoms with van der Waals surface area (Å²) in [6, 6.07) is 10.8. The van der Waals surface area contributed by atoms with E-state index in [1.807, 2.05) is 64.5 Å². The number of aromatic nitrogens is 5. The smallest absolute Gasteiger partial charge is 0.414 e. The highest BCUT2D eigenvalue weighted by Crippen LogP contribution is 2.41. The van der Waals surface area contributed by atoms with E-state index in [0.717, 1.165) is 69.8 Å². The van der Waals surface area contributed by atoms with Gasteiger partial charge in [-0.15, -0.1) is 0 Å². The number of amides is 1. The molecule has 8 heterocycles. The van der Waals surface area contributed by atoms with E-state index in [9.17, 15) is 4.79 Å². The van der Waals surface area contributed by atoms with Crippen LogP contribution >= 0.6 is 116 Å². The molecule has 5 aromatic heterocycles. The molecule has 0 saturated carbocycles. The van der Waals surface area contributed by atoms with Crippen LogP contribution in [0, 0.1) is 7.14 Å². The van der Waals surface area contributed by atoms with Gasteiger partial charge in [0.15, 0.2) is 0 Å². The van der Waals surface area contributed by atoms with Gasteiger partial charge in [0.05, 0.1) is 18.5 Å². The van der Waals surface area contributed by atoms with Crippen molar-refractivity contribution in [2.24, 2.45) is 0 Å². The molecule has 6 N–H and O–H groups in total. The number of nitrogens with two attached hydrogens (primary N) is 2. The zero-order chi connectivity index (χ0) is 49.4. The second-order valence-electron chi connectivity index (χ2n) is 17.3. The number of nitrogen functional groups attached to an aromatic ring is 2. The van der Waals surface area contributed by atoms with Gasteiger partial charge in [0.2, 0.25) is 0 Å². The van der Waals surface area contributed by atoms with Crippen LogP contribution in [0.2, 0.25) is 10.3 Å². The van der Waals surface area contributed by atoms with Gasteiger partial charge >= 0.3 is 6.09 Å². The minimum absolute atomic E-state index is 0.111. The summed E-state index contributed by atoms with van der Waals surface area (Å²) < 4.78 is 14.9. The molecule has 0 aliphatic carbocycles. The first kappa shape index (κ1) is 57.7. The second kappa shape index (κ2) is 27.0. The number of hydrogen-bond acceptors (Lipinski definition) is 12. The van der Waals surface area contributed by atoms with E-state index in [4.69, 9.17) is 44.1 Å². The molecular weight excluding hydrogens is 1300 g/mol. The quantitative estimate of drug-likeness (QED) is 0.0764. The SMILES string of the molecule is C1CCOC1.C=C(C)CNc1cc(Br)ncc1I.CC(C)(C)OC(=O)N1CC(C)(C)c2cnc(Br)cc21.CC1(C)CNc2cc(Br)ncc21.Nc1cc(Cl)ncc1I.Nc1ccnc(Cl)c1. The average Bonchev–Trinajstić information content (AvgIpc) is 3.96. The molecule has 66 heavy (non-hydrogen) atoms. The average molecular weight is 1360 g/mol. The molecule has 0 atom stereocenters. The van der Waals surface area contributed by atoms with Gasteiger partial charge in [-0.05, 0) is 170 Å². The minimum atomic E-state index is -0.492. The number of carbonyl (C=O) groups is 1. The minimum Gasteiger partial charge on any atom is -0.443 e. The van der Waals surface area contributed by atoms with Crippen LogP contribution in [-0.4, -0.2) is 69.5 Å². The van der Waals surface area contributed by atoms with E-state index < -0.39 is 5.60 Å². The van der Waals surface area contributed by atoms with Crippen LogP contribution in [0.4, 0.5) is 33.2 Å².